The zero-order valence-electron chi connectivity index (χ0n) is 13.7. The van der Waals surface area contributed by atoms with Gasteiger partial charge in [0, 0.05) is 45.1 Å². The van der Waals surface area contributed by atoms with E-state index in [-0.39, 0.29) is 0 Å². The first-order valence-electron chi connectivity index (χ1n) is 8.01. The molecule has 1 saturated heterocycles. The molecule has 2 heterocycles. The average Bonchev–Trinajstić information content (AvgIpc) is 2.63. The van der Waals surface area contributed by atoms with Gasteiger partial charge in [-0.2, -0.15) is 0 Å². The van der Waals surface area contributed by atoms with Gasteiger partial charge < -0.3 is 19.9 Å². The van der Waals surface area contributed by atoms with E-state index in [1.165, 1.54) is 0 Å². The lowest BCUT2D eigenvalue weighted by Gasteiger charge is -2.37. The highest BCUT2D eigenvalue weighted by atomic mass is 16.5. The van der Waals surface area contributed by atoms with Crippen LogP contribution in [0, 0.1) is 0 Å². The van der Waals surface area contributed by atoms with Crippen LogP contribution in [0.25, 0.3) is 0 Å². The highest BCUT2D eigenvalue weighted by Gasteiger charge is 2.22. The third-order valence-electron chi connectivity index (χ3n) is 4.03. The molecule has 23 heavy (non-hydrogen) atoms. The van der Waals surface area contributed by atoms with Crippen molar-refractivity contribution >= 4 is 17.3 Å². The maximum absolute atomic E-state index is 5.47. The summed E-state index contributed by atoms with van der Waals surface area (Å²) in [5.74, 6) is 2.73. The van der Waals surface area contributed by atoms with Crippen LogP contribution in [0.15, 0.2) is 36.7 Å². The summed E-state index contributed by atoms with van der Waals surface area (Å²) in [5.41, 5.74) is 1.15. The average molecular weight is 313 g/mol. The van der Waals surface area contributed by atoms with E-state index in [2.05, 4.69) is 44.1 Å². The van der Waals surface area contributed by atoms with E-state index in [0.717, 1.165) is 55.8 Å². The predicted octanol–water partition coefficient (Wildman–Crippen LogP) is 2.24. The van der Waals surface area contributed by atoms with Gasteiger partial charge in [-0.1, -0.05) is 12.1 Å². The van der Waals surface area contributed by atoms with E-state index in [0.29, 0.717) is 0 Å². The number of methoxy groups -OCH3 is 1. The third-order valence-corrected chi connectivity index (χ3v) is 4.03. The minimum Gasteiger partial charge on any atom is -0.495 e. The Morgan fingerprint density at radius 3 is 2.48 bits per heavy atom. The fraction of sp³-hybridized carbons (Fsp3) is 0.412. The van der Waals surface area contributed by atoms with Crippen LogP contribution in [-0.4, -0.2) is 49.8 Å². The second-order valence-electron chi connectivity index (χ2n) is 5.40. The number of nitrogens with one attached hydrogen (secondary N) is 1. The number of piperazine rings is 1. The normalized spacial score (nSPS) is 14.7. The van der Waals surface area contributed by atoms with Gasteiger partial charge in [0.25, 0.3) is 0 Å². The van der Waals surface area contributed by atoms with E-state index in [9.17, 15) is 0 Å². The molecule has 0 unspecified atom stereocenters. The van der Waals surface area contributed by atoms with E-state index in [1.54, 1.807) is 19.5 Å². The SMILES string of the molecule is CCNc1nccnc1N1CCN(c2ccccc2OC)CC1. The van der Waals surface area contributed by atoms with Crippen molar-refractivity contribution in [1.29, 1.82) is 0 Å². The third kappa shape index (κ3) is 3.31. The lowest BCUT2D eigenvalue weighted by Crippen LogP contribution is -2.47. The monoisotopic (exact) mass is 313 g/mol. The minimum absolute atomic E-state index is 0.840. The van der Waals surface area contributed by atoms with E-state index in [4.69, 9.17) is 4.74 Å². The molecule has 1 N–H and O–H groups in total. The topological polar surface area (TPSA) is 53.5 Å². The summed E-state index contributed by atoms with van der Waals surface area (Å²) < 4.78 is 5.47. The maximum atomic E-state index is 5.47. The van der Waals surface area contributed by atoms with Crippen LogP contribution < -0.4 is 19.9 Å². The first kappa shape index (κ1) is 15.4. The van der Waals surface area contributed by atoms with Crippen molar-refractivity contribution < 1.29 is 4.74 Å². The zero-order chi connectivity index (χ0) is 16.1. The second-order valence-corrected chi connectivity index (χ2v) is 5.40. The lowest BCUT2D eigenvalue weighted by molar-refractivity contribution is 0.413. The fourth-order valence-corrected chi connectivity index (χ4v) is 2.90. The molecule has 1 aromatic heterocycles. The molecule has 6 heteroatoms. The summed E-state index contributed by atoms with van der Waals surface area (Å²) in [6, 6.07) is 8.17. The Hall–Kier alpha value is -2.50. The second kappa shape index (κ2) is 7.17. The summed E-state index contributed by atoms with van der Waals surface area (Å²) in [6.45, 7) is 6.60. The van der Waals surface area contributed by atoms with Crippen LogP contribution in [0.4, 0.5) is 17.3 Å². The molecular formula is C17H23N5O. The van der Waals surface area contributed by atoms with Gasteiger partial charge in [0.05, 0.1) is 12.8 Å². The van der Waals surface area contributed by atoms with Crippen molar-refractivity contribution in [2.45, 2.75) is 6.92 Å². The van der Waals surface area contributed by atoms with Gasteiger partial charge in [0.15, 0.2) is 11.6 Å². The summed E-state index contributed by atoms with van der Waals surface area (Å²) in [5, 5.41) is 3.29. The van der Waals surface area contributed by atoms with Crippen molar-refractivity contribution in [2.75, 3.05) is 55.0 Å². The highest BCUT2D eigenvalue weighted by molar-refractivity contribution is 5.63. The molecule has 0 radical (unpaired) electrons. The van der Waals surface area contributed by atoms with Crippen molar-refractivity contribution in [1.82, 2.24) is 9.97 Å². The first-order chi connectivity index (χ1) is 11.3. The Bertz CT molecular complexity index is 640. The van der Waals surface area contributed by atoms with Gasteiger partial charge in [-0.25, -0.2) is 9.97 Å². The minimum atomic E-state index is 0.840. The van der Waals surface area contributed by atoms with E-state index in [1.807, 2.05) is 12.1 Å². The number of hydrogen-bond acceptors (Lipinski definition) is 6. The fourth-order valence-electron chi connectivity index (χ4n) is 2.90. The Morgan fingerprint density at radius 2 is 1.74 bits per heavy atom. The van der Waals surface area contributed by atoms with Crippen molar-refractivity contribution in [3.63, 3.8) is 0 Å². The maximum Gasteiger partial charge on any atom is 0.171 e. The Labute approximate surface area is 137 Å². The van der Waals surface area contributed by atoms with Crippen LogP contribution in [0.2, 0.25) is 0 Å². The number of aromatic nitrogens is 2. The van der Waals surface area contributed by atoms with Gasteiger partial charge in [-0.05, 0) is 19.1 Å². The lowest BCUT2D eigenvalue weighted by atomic mass is 10.2. The van der Waals surface area contributed by atoms with E-state index >= 15 is 0 Å². The molecule has 6 nitrogen and oxygen atoms in total. The van der Waals surface area contributed by atoms with Gasteiger partial charge in [0.2, 0.25) is 0 Å². The van der Waals surface area contributed by atoms with Gasteiger partial charge in [-0.3, -0.25) is 0 Å². The number of hydrogen-bond donors (Lipinski definition) is 1. The predicted molar refractivity (Wildman–Crippen MR) is 93.6 cm³/mol. The van der Waals surface area contributed by atoms with Crippen molar-refractivity contribution in [3.05, 3.63) is 36.7 Å². The quantitative estimate of drug-likeness (QED) is 0.914. The van der Waals surface area contributed by atoms with Gasteiger partial charge >= 0.3 is 0 Å². The molecule has 0 amide bonds. The molecule has 122 valence electrons. The molecule has 3 rings (SSSR count). The molecule has 0 bridgehead atoms. The van der Waals surface area contributed by atoms with Gasteiger partial charge in [-0.15, -0.1) is 0 Å². The van der Waals surface area contributed by atoms with Crippen molar-refractivity contribution in [2.24, 2.45) is 0 Å². The number of para-hydroxylation sites is 2. The molecule has 1 aromatic carbocycles. The smallest absolute Gasteiger partial charge is 0.171 e. The molecule has 1 aliphatic rings. The highest BCUT2D eigenvalue weighted by Crippen LogP contribution is 2.29. The molecule has 2 aromatic rings. The number of anilines is 3. The summed E-state index contributed by atoms with van der Waals surface area (Å²) >= 11 is 0. The Morgan fingerprint density at radius 1 is 1.04 bits per heavy atom. The summed E-state index contributed by atoms with van der Waals surface area (Å²) in [6.07, 6.45) is 3.48. The van der Waals surface area contributed by atoms with Crippen LogP contribution in [-0.2, 0) is 0 Å². The van der Waals surface area contributed by atoms with Crippen LogP contribution >= 0.6 is 0 Å². The molecule has 1 fully saturated rings. The molecule has 0 aliphatic carbocycles. The van der Waals surface area contributed by atoms with Crippen molar-refractivity contribution in [3.8, 4) is 5.75 Å². The molecular weight excluding hydrogens is 290 g/mol. The van der Waals surface area contributed by atoms with Crippen LogP contribution in [0.3, 0.4) is 0 Å². The molecule has 0 atom stereocenters. The number of ether oxygens (including phenoxy) is 1. The molecule has 1 aliphatic heterocycles. The standard InChI is InChI=1S/C17H23N5O/c1-3-18-16-17(20-9-8-19-16)22-12-10-21(11-13-22)14-6-4-5-7-15(14)23-2/h4-9H,3,10-13H2,1-2H3,(H,18,19). The van der Waals surface area contributed by atoms with Gasteiger partial charge in [0.1, 0.15) is 5.75 Å². The largest absolute Gasteiger partial charge is 0.495 e. The number of benzene rings is 1. The molecule has 0 spiro atoms. The number of nitrogens with zero attached hydrogens (tertiary/aromatic N) is 4. The van der Waals surface area contributed by atoms with E-state index < -0.39 is 0 Å². The zero-order valence-corrected chi connectivity index (χ0v) is 13.7. The first-order valence-corrected chi connectivity index (χ1v) is 8.01. The van der Waals surface area contributed by atoms with Crippen LogP contribution in [0.1, 0.15) is 6.92 Å². The Kier molecular flexibility index (Phi) is 4.80. The number of rotatable bonds is 5. The summed E-state index contributed by atoms with van der Waals surface area (Å²) in [7, 11) is 1.72. The Balaban J connectivity index is 1.71. The molecule has 0 saturated carbocycles. The summed E-state index contributed by atoms with van der Waals surface area (Å²) in [4.78, 5) is 13.6. The van der Waals surface area contributed by atoms with Crippen LogP contribution in [0.5, 0.6) is 5.75 Å².